The lowest BCUT2D eigenvalue weighted by Gasteiger charge is -2.31. The molecule has 1 aromatic heterocycles. The quantitative estimate of drug-likeness (QED) is 0.164. The highest BCUT2D eigenvalue weighted by molar-refractivity contribution is 6.31. The van der Waals surface area contributed by atoms with E-state index >= 15 is 0 Å². The van der Waals surface area contributed by atoms with Crippen molar-refractivity contribution < 1.29 is 4.79 Å². The zero-order valence-electron chi connectivity index (χ0n) is 24.1. The Hall–Kier alpha value is -3.44. The molecule has 1 heterocycles. The standard InChI is InChI=1S/C34H40ClN3O2/c1-5-7-9-10-22-37(33(39)27-16-14-26(15-17-27)11-8-6-2)25(4)32-36-31-23-28(35)18-21-30(31)34(40)38(32)29-19-12-24(3)13-20-29/h12-21,23,25H,5-11,22H2,1-4H3. The minimum atomic E-state index is -0.453. The number of carbonyl (C=O) groups excluding carboxylic acids is 1. The Labute approximate surface area is 242 Å². The molecule has 0 fully saturated rings. The molecule has 0 N–H and O–H groups in total. The second kappa shape index (κ2) is 13.8. The predicted octanol–water partition coefficient (Wildman–Crippen LogP) is 8.47. The number of fused-ring (bicyclic) bond motifs is 1. The van der Waals surface area contributed by atoms with Gasteiger partial charge in [0.1, 0.15) is 5.82 Å². The first kappa shape index (κ1) is 29.5. The highest BCUT2D eigenvalue weighted by Crippen LogP contribution is 2.26. The maximum Gasteiger partial charge on any atom is 0.266 e. The summed E-state index contributed by atoms with van der Waals surface area (Å²) in [5.41, 5.74) is 4.06. The minimum absolute atomic E-state index is 0.0538. The number of hydrogen-bond donors (Lipinski definition) is 0. The van der Waals surface area contributed by atoms with Crippen LogP contribution in [0.25, 0.3) is 16.6 Å². The molecular formula is C34H40ClN3O2. The second-order valence-electron chi connectivity index (χ2n) is 10.6. The summed E-state index contributed by atoms with van der Waals surface area (Å²) < 4.78 is 1.65. The van der Waals surface area contributed by atoms with Crippen LogP contribution in [0.1, 0.15) is 92.6 Å². The highest BCUT2D eigenvalue weighted by atomic mass is 35.5. The summed E-state index contributed by atoms with van der Waals surface area (Å²) in [6.07, 6.45) is 7.42. The van der Waals surface area contributed by atoms with Gasteiger partial charge < -0.3 is 4.90 Å². The van der Waals surface area contributed by atoms with Gasteiger partial charge in [-0.15, -0.1) is 0 Å². The molecular weight excluding hydrogens is 518 g/mol. The van der Waals surface area contributed by atoms with Gasteiger partial charge in [0.15, 0.2) is 0 Å². The van der Waals surface area contributed by atoms with Crippen molar-refractivity contribution in [2.24, 2.45) is 0 Å². The fourth-order valence-corrected chi connectivity index (χ4v) is 5.25. The normalized spacial score (nSPS) is 12.0. The molecule has 210 valence electrons. The van der Waals surface area contributed by atoms with Crippen LogP contribution in [0.3, 0.4) is 0 Å². The van der Waals surface area contributed by atoms with E-state index in [-0.39, 0.29) is 11.5 Å². The van der Waals surface area contributed by atoms with Crippen LogP contribution in [-0.2, 0) is 6.42 Å². The first-order valence-corrected chi connectivity index (χ1v) is 14.9. The van der Waals surface area contributed by atoms with Crippen molar-refractivity contribution in [3.8, 4) is 5.69 Å². The van der Waals surface area contributed by atoms with Crippen molar-refractivity contribution in [2.75, 3.05) is 6.54 Å². The predicted molar refractivity (Wildman–Crippen MR) is 166 cm³/mol. The third-order valence-corrected chi connectivity index (χ3v) is 7.76. The van der Waals surface area contributed by atoms with E-state index < -0.39 is 6.04 Å². The molecule has 1 unspecified atom stereocenters. The second-order valence-corrected chi connectivity index (χ2v) is 11.1. The van der Waals surface area contributed by atoms with Crippen molar-refractivity contribution in [2.45, 2.75) is 78.7 Å². The van der Waals surface area contributed by atoms with E-state index in [9.17, 15) is 9.59 Å². The van der Waals surface area contributed by atoms with Gasteiger partial charge in [0.25, 0.3) is 11.5 Å². The molecule has 0 aliphatic heterocycles. The summed E-state index contributed by atoms with van der Waals surface area (Å²) in [6, 6.07) is 20.5. The van der Waals surface area contributed by atoms with Crippen LogP contribution >= 0.6 is 11.6 Å². The fraction of sp³-hybridized carbons (Fsp3) is 0.382. The molecule has 4 rings (SSSR count). The number of hydrogen-bond acceptors (Lipinski definition) is 3. The van der Waals surface area contributed by atoms with Crippen LogP contribution in [0.15, 0.2) is 71.5 Å². The van der Waals surface area contributed by atoms with Gasteiger partial charge in [-0.1, -0.05) is 81.0 Å². The third-order valence-electron chi connectivity index (χ3n) is 7.52. The molecule has 0 saturated heterocycles. The Morgan fingerprint density at radius 3 is 2.30 bits per heavy atom. The minimum Gasteiger partial charge on any atom is -0.329 e. The van der Waals surface area contributed by atoms with Crippen LogP contribution < -0.4 is 5.56 Å². The van der Waals surface area contributed by atoms with Gasteiger partial charge in [0.2, 0.25) is 0 Å². The summed E-state index contributed by atoms with van der Waals surface area (Å²) >= 11 is 6.30. The van der Waals surface area contributed by atoms with Gasteiger partial charge in [-0.2, -0.15) is 0 Å². The Morgan fingerprint density at radius 2 is 1.62 bits per heavy atom. The lowest BCUT2D eigenvalue weighted by Crippen LogP contribution is -2.38. The average molecular weight is 558 g/mol. The van der Waals surface area contributed by atoms with E-state index in [1.807, 2.05) is 55.1 Å². The van der Waals surface area contributed by atoms with Crippen LogP contribution in [-0.4, -0.2) is 26.9 Å². The Bertz CT molecular complexity index is 1490. The molecule has 3 aromatic carbocycles. The smallest absolute Gasteiger partial charge is 0.266 e. The highest BCUT2D eigenvalue weighted by Gasteiger charge is 2.27. The molecule has 1 atom stereocenters. The molecule has 0 bridgehead atoms. The van der Waals surface area contributed by atoms with Crippen LogP contribution in [0.4, 0.5) is 0 Å². The average Bonchev–Trinajstić information content (AvgIpc) is 2.96. The van der Waals surface area contributed by atoms with Crippen LogP contribution in [0.5, 0.6) is 0 Å². The van der Waals surface area contributed by atoms with Gasteiger partial charge in [-0.05, 0) is 81.1 Å². The van der Waals surface area contributed by atoms with Crippen molar-refractivity contribution in [1.29, 1.82) is 0 Å². The number of carbonyl (C=O) groups is 1. The molecule has 4 aromatic rings. The van der Waals surface area contributed by atoms with Crippen molar-refractivity contribution in [1.82, 2.24) is 14.5 Å². The first-order valence-electron chi connectivity index (χ1n) is 14.5. The molecule has 0 spiro atoms. The maximum absolute atomic E-state index is 14.0. The Balaban J connectivity index is 1.81. The molecule has 40 heavy (non-hydrogen) atoms. The molecule has 0 aliphatic rings. The molecule has 5 nitrogen and oxygen atoms in total. The van der Waals surface area contributed by atoms with E-state index in [0.29, 0.717) is 33.9 Å². The van der Waals surface area contributed by atoms with Crippen LogP contribution in [0.2, 0.25) is 5.02 Å². The van der Waals surface area contributed by atoms with E-state index in [4.69, 9.17) is 16.6 Å². The van der Waals surface area contributed by atoms with Crippen molar-refractivity contribution >= 4 is 28.4 Å². The number of unbranched alkanes of at least 4 members (excludes halogenated alkanes) is 4. The largest absolute Gasteiger partial charge is 0.329 e. The molecule has 0 saturated carbocycles. The number of amides is 1. The Kier molecular flexibility index (Phi) is 10.2. The fourth-order valence-electron chi connectivity index (χ4n) is 5.08. The summed E-state index contributed by atoms with van der Waals surface area (Å²) in [4.78, 5) is 34.8. The van der Waals surface area contributed by atoms with E-state index in [1.165, 1.54) is 5.56 Å². The lowest BCUT2D eigenvalue weighted by atomic mass is 10.0. The van der Waals surface area contributed by atoms with E-state index in [0.717, 1.165) is 56.2 Å². The van der Waals surface area contributed by atoms with E-state index in [2.05, 4.69) is 26.0 Å². The van der Waals surface area contributed by atoms with Gasteiger partial charge in [0, 0.05) is 17.1 Å². The lowest BCUT2D eigenvalue weighted by molar-refractivity contribution is 0.0677. The van der Waals surface area contributed by atoms with Gasteiger partial charge in [0.05, 0.1) is 22.6 Å². The van der Waals surface area contributed by atoms with E-state index in [1.54, 1.807) is 22.8 Å². The molecule has 6 heteroatoms. The van der Waals surface area contributed by atoms with Gasteiger partial charge in [-0.25, -0.2) is 4.98 Å². The number of aryl methyl sites for hydroxylation is 2. The first-order chi connectivity index (χ1) is 19.3. The zero-order chi connectivity index (χ0) is 28.6. The molecule has 0 radical (unpaired) electrons. The zero-order valence-corrected chi connectivity index (χ0v) is 24.9. The number of nitrogens with zero attached hydrogens (tertiary/aromatic N) is 3. The maximum atomic E-state index is 14.0. The molecule has 1 amide bonds. The number of aromatic nitrogens is 2. The summed E-state index contributed by atoms with van der Waals surface area (Å²) in [7, 11) is 0. The molecule has 0 aliphatic carbocycles. The Morgan fingerprint density at radius 1 is 0.925 bits per heavy atom. The van der Waals surface area contributed by atoms with Crippen LogP contribution in [0, 0.1) is 6.92 Å². The third kappa shape index (κ3) is 6.82. The summed E-state index contributed by atoms with van der Waals surface area (Å²) in [5, 5.41) is 1.01. The number of halogens is 1. The number of benzene rings is 3. The topological polar surface area (TPSA) is 55.2 Å². The summed E-state index contributed by atoms with van der Waals surface area (Å²) in [6.45, 7) is 8.92. The number of rotatable bonds is 12. The SMILES string of the molecule is CCCCCCN(C(=O)c1ccc(CCCC)cc1)C(C)c1nc2cc(Cl)ccc2c(=O)n1-c1ccc(C)cc1. The summed E-state index contributed by atoms with van der Waals surface area (Å²) in [5.74, 6) is 0.467. The van der Waals surface area contributed by atoms with Gasteiger partial charge >= 0.3 is 0 Å². The van der Waals surface area contributed by atoms with Gasteiger partial charge in [-0.3, -0.25) is 14.2 Å². The van der Waals surface area contributed by atoms with Crippen molar-refractivity contribution in [3.63, 3.8) is 0 Å². The monoisotopic (exact) mass is 557 g/mol. The van der Waals surface area contributed by atoms with Crippen molar-refractivity contribution in [3.05, 3.63) is 105 Å².